The smallest absolute Gasteiger partial charge is 0.387 e. The largest absolute Gasteiger partial charge is 0.432 e. The number of nitrogens with zero attached hydrogens (tertiary/aromatic N) is 1. The van der Waals surface area contributed by atoms with Crippen LogP contribution in [0.2, 0.25) is 0 Å². The lowest BCUT2D eigenvalue weighted by Crippen LogP contribution is -2.47. The summed E-state index contributed by atoms with van der Waals surface area (Å²) in [6, 6.07) is 1.31. The molecule has 5 nitrogen and oxygen atoms in total. The van der Waals surface area contributed by atoms with Gasteiger partial charge in [-0.1, -0.05) is 0 Å². The van der Waals surface area contributed by atoms with Crippen molar-refractivity contribution in [1.82, 2.24) is 10.2 Å². The molecule has 0 heterocycles. The van der Waals surface area contributed by atoms with Crippen molar-refractivity contribution in [2.45, 2.75) is 19.1 Å². The Labute approximate surface area is 130 Å². The quantitative estimate of drug-likeness (QED) is 0.742. The van der Waals surface area contributed by atoms with Crippen LogP contribution in [0, 0.1) is 11.6 Å². The van der Waals surface area contributed by atoms with E-state index in [2.05, 4.69) is 10.1 Å². The molecule has 1 aromatic carbocycles. The van der Waals surface area contributed by atoms with E-state index < -0.39 is 41.1 Å². The lowest BCUT2D eigenvalue weighted by atomic mass is 10.1. The van der Waals surface area contributed by atoms with Crippen molar-refractivity contribution in [1.29, 1.82) is 0 Å². The van der Waals surface area contributed by atoms with Crippen LogP contribution in [0.5, 0.6) is 5.75 Å². The topological polar surface area (TPSA) is 61.8 Å². The Morgan fingerprint density at radius 3 is 2.52 bits per heavy atom. The molecule has 9 heteroatoms. The highest BCUT2D eigenvalue weighted by molar-refractivity contribution is 5.95. The second-order valence-electron chi connectivity index (χ2n) is 5.53. The summed E-state index contributed by atoms with van der Waals surface area (Å²) in [7, 11) is 3.39. The first-order valence-electron chi connectivity index (χ1n) is 6.61. The molecule has 0 saturated heterocycles. The Hall–Kier alpha value is -1.87. The summed E-state index contributed by atoms with van der Waals surface area (Å²) in [6.07, 6.45) is 0. The maximum absolute atomic E-state index is 13.9. The molecular formula is C14H18F4N2O3. The molecule has 0 aliphatic heterocycles. The van der Waals surface area contributed by atoms with Crippen LogP contribution in [-0.2, 0) is 0 Å². The van der Waals surface area contributed by atoms with Gasteiger partial charge < -0.3 is 20.1 Å². The fraction of sp³-hybridized carbons (Fsp3) is 0.500. The van der Waals surface area contributed by atoms with Crippen LogP contribution in [0.25, 0.3) is 0 Å². The van der Waals surface area contributed by atoms with Crippen molar-refractivity contribution in [2.75, 3.05) is 27.2 Å². The first kappa shape index (κ1) is 19.2. The molecule has 0 fully saturated rings. The van der Waals surface area contributed by atoms with Crippen LogP contribution in [0.15, 0.2) is 12.1 Å². The van der Waals surface area contributed by atoms with E-state index in [9.17, 15) is 27.5 Å². The molecule has 1 rings (SSSR count). The molecule has 0 saturated carbocycles. The van der Waals surface area contributed by atoms with Gasteiger partial charge in [-0.25, -0.2) is 8.78 Å². The lowest BCUT2D eigenvalue weighted by molar-refractivity contribution is -0.0523. The standard InChI is InChI=1S/C14H18F4N2O3/c1-14(22,7-20(2)3)6-19-12(21)10-8(15)4-5-9(11(10)16)23-13(17)18/h4-5,13,22H,6-7H2,1-3H3,(H,19,21). The van der Waals surface area contributed by atoms with Crippen LogP contribution in [-0.4, -0.2) is 55.3 Å². The number of amides is 1. The van der Waals surface area contributed by atoms with E-state index in [1.807, 2.05) is 0 Å². The Kier molecular flexibility index (Phi) is 6.34. The molecule has 0 aliphatic carbocycles. The van der Waals surface area contributed by atoms with Gasteiger partial charge in [0.1, 0.15) is 11.4 Å². The summed E-state index contributed by atoms with van der Waals surface area (Å²) in [5.74, 6) is -4.88. The number of alkyl halides is 2. The monoisotopic (exact) mass is 338 g/mol. The van der Waals surface area contributed by atoms with Gasteiger partial charge in [0.15, 0.2) is 11.6 Å². The average molecular weight is 338 g/mol. The van der Waals surface area contributed by atoms with Crippen LogP contribution < -0.4 is 10.1 Å². The SMILES string of the molecule is CN(C)CC(C)(O)CNC(=O)c1c(F)ccc(OC(F)F)c1F. The van der Waals surface area contributed by atoms with Gasteiger partial charge in [0, 0.05) is 13.1 Å². The van der Waals surface area contributed by atoms with E-state index in [1.165, 1.54) is 6.92 Å². The van der Waals surface area contributed by atoms with Crippen LogP contribution >= 0.6 is 0 Å². The van der Waals surface area contributed by atoms with Crippen molar-refractivity contribution in [3.8, 4) is 5.75 Å². The van der Waals surface area contributed by atoms with Crippen molar-refractivity contribution in [3.63, 3.8) is 0 Å². The van der Waals surface area contributed by atoms with E-state index in [4.69, 9.17) is 0 Å². The molecule has 0 bridgehead atoms. The van der Waals surface area contributed by atoms with Gasteiger partial charge in [0.2, 0.25) is 0 Å². The number of halogens is 4. The Balaban J connectivity index is 2.91. The minimum Gasteiger partial charge on any atom is -0.432 e. The predicted octanol–water partition coefficient (Wildman–Crippen LogP) is 1.61. The Bertz CT molecular complexity index is 565. The highest BCUT2D eigenvalue weighted by Gasteiger charge is 2.26. The fourth-order valence-corrected chi connectivity index (χ4v) is 2.02. The molecule has 1 atom stereocenters. The van der Waals surface area contributed by atoms with Crippen LogP contribution in [0.3, 0.4) is 0 Å². The lowest BCUT2D eigenvalue weighted by Gasteiger charge is -2.27. The number of likely N-dealkylation sites (N-methyl/N-ethyl adjacent to an activating group) is 1. The zero-order valence-corrected chi connectivity index (χ0v) is 12.9. The second kappa shape index (κ2) is 7.60. The minimum atomic E-state index is -3.31. The van der Waals surface area contributed by atoms with E-state index in [0.717, 1.165) is 0 Å². The van der Waals surface area contributed by atoms with Gasteiger partial charge in [-0.15, -0.1) is 0 Å². The van der Waals surface area contributed by atoms with Crippen LogP contribution in [0.1, 0.15) is 17.3 Å². The molecule has 2 N–H and O–H groups in total. The van der Waals surface area contributed by atoms with Crippen molar-refractivity contribution >= 4 is 5.91 Å². The molecule has 0 aliphatic rings. The van der Waals surface area contributed by atoms with Crippen molar-refractivity contribution in [2.24, 2.45) is 0 Å². The summed E-state index contributed by atoms with van der Waals surface area (Å²) in [5, 5.41) is 12.2. The number of aliphatic hydroxyl groups is 1. The molecule has 0 spiro atoms. The highest BCUT2D eigenvalue weighted by atomic mass is 19.3. The Morgan fingerprint density at radius 2 is 2.00 bits per heavy atom. The third kappa shape index (κ3) is 5.68. The predicted molar refractivity (Wildman–Crippen MR) is 74.5 cm³/mol. The fourth-order valence-electron chi connectivity index (χ4n) is 2.02. The maximum Gasteiger partial charge on any atom is 0.387 e. The maximum atomic E-state index is 13.9. The van der Waals surface area contributed by atoms with Gasteiger partial charge in [-0.05, 0) is 33.2 Å². The van der Waals surface area contributed by atoms with Crippen LogP contribution in [0.4, 0.5) is 17.6 Å². The molecule has 1 amide bonds. The number of carbonyl (C=O) groups is 1. The zero-order valence-electron chi connectivity index (χ0n) is 12.9. The molecule has 0 aromatic heterocycles. The number of benzene rings is 1. The summed E-state index contributed by atoms with van der Waals surface area (Å²) in [4.78, 5) is 13.6. The van der Waals surface area contributed by atoms with Crippen molar-refractivity contribution < 1.29 is 32.2 Å². The van der Waals surface area contributed by atoms with Gasteiger partial charge in [-0.2, -0.15) is 8.78 Å². The minimum absolute atomic E-state index is 0.187. The molecule has 1 aromatic rings. The second-order valence-corrected chi connectivity index (χ2v) is 5.53. The number of ether oxygens (including phenoxy) is 1. The third-order valence-corrected chi connectivity index (χ3v) is 2.79. The van der Waals surface area contributed by atoms with Gasteiger partial charge in [0.25, 0.3) is 5.91 Å². The number of rotatable bonds is 7. The van der Waals surface area contributed by atoms with E-state index in [1.54, 1.807) is 19.0 Å². The van der Waals surface area contributed by atoms with E-state index in [0.29, 0.717) is 12.1 Å². The third-order valence-electron chi connectivity index (χ3n) is 2.79. The summed E-state index contributed by atoms with van der Waals surface area (Å²) < 4.78 is 55.7. The number of carbonyl (C=O) groups excluding carboxylic acids is 1. The zero-order chi connectivity index (χ0) is 17.8. The number of nitrogens with one attached hydrogen (secondary N) is 1. The summed E-state index contributed by atoms with van der Waals surface area (Å²) in [5.41, 5.74) is -2.40. The normalized spacial score (nSPS) is 14.0. The number of hydrogen-bond acceptors (Lipinski definition) is 4. The molecule has 1 unspecified atom stereocenters. The molecule has 0 radical (unpaired) electrons. The van der Waals surface area contributed by atoms with Crippen molar-refractivity contribution in [3.05, 3.63) is 29.3 Å². The first-order chi connectivity index (χ1) is 10.5. The molecule has 23 heavy (non-hydrogen) atoms. The van der Waals surface area contributed by atoms with Gasteiger partial charge >= 0.3 is 6.61 Å². The molecule has 130 valence electrons. The van der Waals surface area contributed by atoms with Gasteiger partial charge in [-0.3, -0.25) is 4.79 Å². The van der Waals surface area contributed by atoms with E-state index >= 15 is 0 Å². The average Bonchev–Trinajstić information content (AvgIpc) is 2.38. The summed E-state index contributed by atoms with van der Waals surface area (Å²) in [6.45, 7) is -1.99. The summed E-state index contributed by atoms with van der Waals surface area (Å²) >= 11 is 0. The Morgan fingerprint density at radius 1 is 1.39 bits per heavy atom. The van der Waals surface area contributed by atoms with Gasteiger partial charge in [0.05, 0.1) is 5.60 Å². The molecular weight excluding hydrogens is 320 g/mol. The first-order valence-corrected chi connectivity index (χ1v) is 6.61. The highest BCUT2D eigenvalue weighted by Crippen LogP contribution is 2.24. The van der Waals surface area contributed by atoms with E-state index in [-0.39, 0.29) is 13.1 Å². The number of hydrogen-bond donors (Lipinski definition) is 2.